The van der Waals surface area contributed by atoms with Crippen LogP contribution in [0.1, 0.15) is 12.0 Å². The Morgan fingerprint density at radius 2 is 1.47 bits per heavy atom. The van der Waals surface area contributed by atoms with Crippen LogP contribution in [0.25, 0.3) is 6.08 Å². The highest BCUT2D eigenvalue weighted by Crippen LogP contribution is 2.38. The molecule has 32 heavy (non-hydrogen) atoms. The van der Waals surface area contributed by atoms with Gasteiger partial charge in [0.25, 0.3) is 0 Å². The van der Waals surface area contributed by atoms with E-state index in [1.165, 1.54) is 6.08 Å². The molecule has 0 heterocycles. The Bertz CT molecular complexity index is 714. The highest BCUT2D eigenvalue weighted by molar-refractivity contribution is 6.71. The Labute approximate surface area is 197 Å². The number of carbonyl (C=O) groups excluding carboxylic acids is 1. The Morgan fingerprint density at radius 3 is 1.91 bits per heavy atom. The molecule has 0 saturated carbocycles. The van der Waals surface area contributed by atoms with Crippen LogP contribution in [0.3, 0.4) is 0 Å². The molecule has 10 heteroatoms. The summed E-state index contributed by atoms with van der Waals surface area (Å²) >= 11 is 0. The molecule has 0 aliphatic rings. The minimum Gasteiger partial charge on any atom is -0.493 e. The van der Waals surface area contributed by atoms with Crippen molar-refractivity contribution < 1.29 is 32.6 Å². The van der Waals surface area contributed by atoms with Gasteiger partial charge >= 0.3 is 5.97 Å². The van der Waals surface area contributed by atoms with E-state index in [1.54, 1.807) is 39.5 Å². The average Bonchev–Trinajstić information content (AvgIpc) is 2.68. The molecule has 0 aliphatic carbocycles. The van der Waals surface area contributed by atoms with Crippen molar-refractivity contribution in [1.82, 2.24) is 0 Å². The van der Waals surface area contributed by atoms with E-state index in [0.29, 0.717) is 23.9 Å². The molecule has 1 aromatic carbocycles. The molecule has 182 valence electrons. The summed E-state index contributed by atoms with van der Waals surface area (Å²) in [5.74, 6) is 1.15. The number of esters is 1. The number of ether oxygens (including phenoxy) is 4. The van der Waals surface area contributed by atoms with Gasteiger partial charge in [-0.1, -0.05) is 6.04 Å². The third kappa shape index (κ3) is 11.3. The van der Waals surface area contributed by atoms with Crippen LogP contribution in [0, 0.1) is 0 Å². The summed E-state index contributed by atoms with van der Waals surface area (Å²) in [7, 11) is 0.759. The number of rotatable bonds is 14. The quantitative estimate of drug-likeness (QED) is 0.124. The molecule has 0 amide bonds. The molecule has 0 saturated heterocycles. The molecule has 0 aromatic heterocycles. The number of hydrogen-bond acceptors (Lipinski definition) is 7. The van der Waals surface area contributed by atoms with Gasteiger partial charge in [-0.3, -0.25) is 0 Å². The van der Waals surface area contributed by atoms with Gasteiger partial charge in [0.2, 0.25) is 5.75 Å². The Morgan fingerprint density at radius 1 is 0.938 bits per heavy atom. The molecular weight excluding hydrogens is 460 g/mol. The van der Waals surface area contributed by atoms with Crippen molar-refractivity contribution in [2.24, 2.45) is 0 Å². The molecular formula is C22H40O7Si3. The van der Waals surface area contributed by atoms with Gasteiger partial charge in [-0.2, -0.15) is 0 Å². The Kier molecular flexibility index (Phi) is 11.7. The topological polar surface area (TPSA) is 72.5 Å². The van der Waals surface area contributed by atoms with Gasteiger partial charge in [0.05, 0.1) is 37.5 Å². The summed E-state index contributed by atoms with van der Waals surface area (Å²) < 4.78 is 33.8. The van der Waals surface area contributed by atoms with E-state index in [-0.39, 0.29) is 11.9 Å². The first-order valence-electron chi connectivity index (χ1n) is 10.9. The van der Waals surface area contributed by atoms with Gasteiger partial charge in [0.15, 0.2) is 28.1 Å². The van der Waals surface area contributed by atoms with Crippen LogP contribution in [-0.2, 0) is 18.4 Å². The fourth-order valence-electron chi connectivity index (χ4n) is 2.93. The smallest absolute Gasteiger partial charge is 0.330 e. The average molecular weight is 501 g/mol. The van der Waals surface area contributed by atoms with Gasteiger partial charge in [-0.15, -0.1) is 0 Å². The van der Waals surface area contributed by atoms with E-state index < -0.39 is 26.2 Å². The second-order valence-corrected chi connectivity index (χ2v) is 20.2. The molecule has 0 aliphatic heterocycles. The fourth-order valence-corrected chi connectivity index (χ4v) is 9.47. The molecule has 0 fully saturated rings. The molecule has 1 aromatic rings. The molecule has 0 N–H and O–H groups in total. The molecule has 0 bridgehead atoms. The molecule has 0 atom stereocenters. The minimum absolute atomic E-state index is 0.0380. The zero-order valence-corrected chi connectivity index (χ0v) is 24.5. The first-order chi connectivity index (χ1) is 14.9. The van der Waals surface area contributed by atoms with Crippen LogP contribution in [0.5, 0.6) is 17.2 Å². The van der Waals surface area contributed by atoms with Crippen LogP contribution < -0.4 is 14.2 Å². The van der Waals surface area contributed by atoms with Crippen LogP contribution in [0.15, 0.2) is 18.2 Å². The summed E-state index contributed by atoms with van der Waals surface area (Å²) in [5, 5.41) is 0. The zero-order chi connectivity index (χ0) is 24.4. The van der Waals surface area contributed by atoms with E-state index in [0.717, 1.165) is 18.0 Å². The molecule has 1 rings (SSSR count). The highest BCUT2D eigenvalue weighted by Gasteiger charge is 2.26. The maximum Gasteiger partial charge on any atom is 0.330 e. The molecule has 0 unspecified atom stereocenters. The van der Waals surface area contributed by atoms with E-state index in [2.05, 4.69) is 39.3 Å². The van der Waals surface area contributed by atoms with E-state index in [4.69, 9.17) is 27.8 Å². The lowest BCUT2D eigenvalue weighted by molar-refractivity contribution is -0.137. The Hall–Kier alpha value is -1.60. The van der Waals surface area contributed by atoms with Crippen LogP contribution >= 0.6 is 0 Å². The van der Waals surface area contributed by atoms with E-state index >= 15 is 0 Å². The number of hydrogen-bond donors (Lipinski definition) is 0. The number of benzene rings is 1. The van der Waals surface area contributed by atoms with Crippen molar-refractivity contribution in [2.75, 3.05) is 27.9 Å². The lowest BCUT2D eigenvalue weighted by Gasteiger charge is -2.31. The standard InChI is InChI=1S/C22H40O7Si3/c1-24-18-15-17(16-19(25-2)21(18)26-3)11-12-20(23)27-13-10-14-30-22(28-31(4,5)6)29-32(7,8)9/h11-12,15-16,22H,10,13-14,30H2,1-9H3/b12-11+. The largest absolute Gasteiger partial charge is 0.493 e. The van der Waals surface area contributed by atoms with Crippen molar-refractivity contribution in [3.05, 3.63) is 23.8 Å². The molecule has 0 spiro atoms. The van der Waals surface area contributed by atoms with Crippen molar-refractivity contribution in [3.8, 4) is 17.2 Å². The van der Waals surface area contributed by atoms with Crippen molar-refractivity contribution in [3.63, 3.8) is 0 Å². The molecule has 7 nitrogen and oxygen atoms in total. The summed E-state index contributed by atoms with van der Waals surface area (Å²) in [4.78, 5) is 12.1. The monoisotopic (exact) mass is 500 g/mol. The summed E-state index contributed by atoms with van der Waals surface area (Å²) in [5.41, 5.74) is 0.749. The van der Waals surface area contributed by atoms with Crippen molar-refractivity contribution >= 4 is 38.2 Å². The van der Waals surface area contributed by atoms with Gasteiger partial charge < -0.3 is 27.8 Å². The van der Waals surface area contributed by atoms with Crippen molar-refractivity contribution in [2.45, 2.75) is 57.7 Å². The van der Waals surface area contributed by atoms with Gasteiger partial charge in [-0.05, 0) is 69.5 Å². The maximum absolute atomic E-state index is 12.1. The van der Waals surface area contributed by atoms with Gasteiger partial charge in [-0.25, -0.2) is 4.79 Å². The second kappa shape index (κ2) is 13.2. The first-order valence-corrected chi connectivity index (χ1v) is 19.5. The summed E-state index contributed by atoms with van der Waals surface area (Å²) in [6, 6.07) is 4.55. The third-order valence-electron chi connectivity index (χ3n) is 4.15. The summed E-state index contributed by atoms with van der Waals surface area (Å²) in [6.07, 6.45) is 3.89. The van der Waals surface area contributed by atoms with Gasteiger partial charge in [0.1, 0.15) is 5.91 Å². The van der Waals surface area contributed by atoms with Crippen LogP contribution in [0.4, 0.5) is 0 Å². The third-order valence-corrected chi connectivity index (χ3v) is 8.47. The number of carbonyl (C=O) groups is 1. The van der Waals surface area contributed by atoms with E-state index in [1.807, 2.05) is 0 Å². The highest BCUT2D eigenvalue weighted by atomic mass is 28.4. The van der Waals surface area contributed by atoms with Crippen LogP contribution in [-0.4, -0.2) is 66.0 Å². The Balaban J connectivity index is 2.53. The predicted molar refractivity (Wildman–Crippen MR) is 137 cm³/mol. The fraction of sp³-hybridized carbons (Fsp3) is 0.591. The van der Waals surface area contributed by atoms with Crippen LogP contribution in [0.2, 0.25) is 45.3 Å². The van der Waals surface area contributed by atoms with Crippen molar-refractivity contribution in [1.29, 1.82) is 0 Å². The zero-order valence-electron chi connectivity index (χ0n) is 21.1. The normalized spacial score (nSPS) is 12.7. The molecule has 0 radical (unpaired) electrons. The van der Waals surface area contributed by atoms with Gasteiger partial charge in [0, 0.05) is 6.08 Å². The predicted octanol–water partition coefficient (Wildman–Crippen LogP) is 4.23. The minimum atomic E-state index is -1.66. The maximum atomic E-state index is 12.1. The lowest BCUT2D eigenvalue weighted by atomic mass is 10.1. The van der Waals surface area contributed by atoms with E-state index in [9.17, 15) is 4.79 Å². The second-order valence-electron chi connectivity index (χ2n) is 9.35. The number of methoxy groups -OCH3 is 3. The SMILES string of the molecule is COc1cc(/C=C/C(=O)OCCC[SiH2]C(O[Si](C)(C)C)O[Si](C)(C)C)cc(OC)c1OC. The first kappa shape index (κ1) is 28.4. The summed E-state index contributed by atoms with van der Waals surface area (Å²) in [6.45, 7) is 13.5. The lowest BCUT2D eigenvalue weighted by Crippen LogP contribution is -2.43.